The van der Waals surface area contributed by atoms with E-state index in [1.807, 2.05) is 27.7 Å². The Balaban J connectivity index is 0.000000162. The Labute approximate surface area is 493 Å². The molecule has 12 heterocycles. The van der Waals surface area contributed by atoms with Gasteiger partial charge in [-0.05, 0) is 62.8 Å². The lowest BCUT2D eigenvalue weighted by atomic mass is 10.1. The van der Waals surface area contributed by atoms with Crippen molar-refractivity contribution in [1.82, 2.24) is 57.9 Å². The number of thiophene rings is 2. The van der Waals surface area contributed by atoms with Gasteiger partial charge in [0.25, 0.3) is 0 Å². The molecule has 0 N–H and O–H groups in total. The molecule has 0 amide bonds. The van der Waals surface area contributed by atoms with E-state index in [1.54, 1.807) is 31.3 Å². The molecule has 6 aliphatic heterocycles. The Morgan fingerprint density at radius 1 is 0.554 bits per heavy atom. The first-order chi connectivity index (χ1) is 39.9. The number of benzene rings is 2. The molecular weight excluding hydrogens is 1140 g/mol. The zero-order valence-electron chi connectivity index (χ0n) is 46.5. The molecule has 444 valence electrons. The first-order valence-corrected chi connectivity index (χ1v) is 34.0. The predicted molar refractivity (Wildman–Crippen MR) is 326 cm³/mol. The summed E-state index contributed by atoms with van der Waals surface area (Å²) in [7, 11) is -6.30. The standard InChI is InChI=1S/2C28H35N7O4S2.CH4/c1-41(36,37)34-10-8-32(9-11-34)19-20-17-23-26(40-20)28(33-12-15-38-16-13-33)31-27(30-23)21-5-4-6-24-22(21)18-29-35(24)25-7-2-3-14-39-25;1-41(36,37)34-10-8-32(9-11-34)18-20-17-24-26(40-20)28(33-12-15-38-16-13-33)30-27(29-24)21-5-4-6-23-22(21)19-35(31-23)25-7-2-3-14-39-25;/h4-6,17-18,25H,2-3,7-16,19H2,1H3;4-6,17,19,25H,2-3,7-16,18H2,1H3;1H4. The van der Waals surface area contributed by atoms with Crippen molar-refractivity contribution in [2.24, 2.45) is 0 Å². The summed E-state index contributed by atoms with van der Waals surface area (Å²) < 4.78 is 80.3. The van der Waals surface area contributed by atoms with Gasteiger partial charge in [-0.3, -0.25) is 9.80 Å². The number of sulfonamides is 2. The van der Waals surface area contributed by atoms with Crippen LogP contribution in [0.5, 0.6) is 0 Å². The smallest absolute Gasteiger partial charge is 0.211 e. The Morgan fingerprint density at radius 2 is 1.05 bits per heavy atom. The maximum absolute atomic E-state index is 11.9. The SMILES string of the molecule is C.CS(=O)(=O)N1CCN(Cc2cc3nc(-c4cccc5c4cnn5C4CCCCO4)nc(N4CCOCC4)c3s2)CC1.CS(=O)(=O)N1CCN(Cc2cc3nc(-c4cccc5nn(C6CCCCO6)cc45)nc(N4CCOCC4)c3s2)CC1. The van der Waals surface area contributed by atoms with Gasteiger partial charge in [0.1, 0.15) is 6.23 Å². The van der Waals surface area contributed by atoms with Crippen LogP contribution in [0.25, 0.3) is 65.0 Å². The molecule has 26 heteroatoms. The lowest BCUT2D eigenvalue weighted by Gasteiger charge is -2.32. The molecule has 14 rings (SSSR count). The summed E-state index contributed by atoms with van der Waals surface area (Å²) in [6, 6.07) is 16.7. The average Bonchev–Trinajstić information content (AvgIpc) is 3.15. The molecule has 0 saturated carbocycles. The van der Waals surface area contributed by atoms with E-state index >= 15 is 0 Å². The first-order valence-electron chi connectivity index (χ1n) is 28.7. The first kappa shape index (κ1) is 58.0. The van der Waals surface area contributed by atoms with Crippen LogP contribution >= 0.6 is 22.7 Å². The third-order valence-electron chi connectivity index (χ3n) is 16.4. The largest absolute Gasteiger partial charge is 0.378 e. The molecule has 6 aromatic heterocycles. The number of rotatable bonds is 12. The van der Waals surface area contributed by atoms with Crippen LogP contribution in [0, 0.1) is 0 Å². The number of anilines is 2. The fraction of sp³-hybridized carbons (Fsp3) is 0.544. The maximum atomic E-state index is 11.9. The van der Waals surface area contributed by atoms with Gasteiger partial charge < -0.3 is 28.7 Å². The van der Waals surface area contributed by atoms with E-state index in [1.165, 1.54) is 22.3 Å². The topological polar surface area (TPSA) is 212 Å². The summed E-state index contributed by atoms with van der Waals surface area (Å²) in [6.07, 6.45) is 12.9. The summed E-state index contributed by atoms with van der Waals surface area (Å²) in [4.78, 5) is 32.2. The highest BCUT2D eigenvalue weighted by atomic mass is 32.2. The number of morpholine rings is 2. The number of aromatic nitrogens is 8. The molecule has 6 fully saturated rings. The molecular formula is C57H74N14O8S4. The number of piperazine rings is 2. The van der Waals surface area contributed by atoms with Gasteiger partial charge in [-0.25, -0.2) is 46.1 Å². The Hall–Kier alpha value is -5.36. The van der Waals surface area contributed by atoms with E-state index in [0.29, 0.717) is 90.4 Å². The zero-order valence-corrected chi connectivity index (χ0v) is 49.7. The number of nitrogens with zero attached hydrogens (tertiary/aromatic N) is 14. The van der Waals surface area contributed by atoms with Gasteiger partial charge in [0.15, 0.2) is 29.5 Å². The number of hydrogen-bond donors (Lipinski definition) is 0. The molecule has 0 bridgehead atoms. The van der Waals surface area contributed by atoms with E-state index in [-0.39, 0.29) is 19.9 Å². The van der Waals surface area contributed by atoms with Crippen LogP contribution < -0.4 is 9.80 Å². The summed E-state index contributed by atoms with van der Waals surface area (Å²) in [5.41, 5.74) is 5.74. The number of fused-ring (bicyclic) bond motifs is 4. The second-order valence-electron chi connectivity index (χ2n) is 22.0. The maximum Gasteiger partial charge on any atom is 0.211 e. The zero-order chi connectivity index (χ0) is 56.0. The van der Waals surface area contributed by atoms with E-state index < -0.39 is 20.0 Å². The lowest BCUT2D eigenvalue weighted by Crippen LogP contribution is -2.47. The van der Waals surface area contributed by atoms with Crippen molar-refractivity contribution >= 4 is 96.6 Å². The average molecular weight is 1210 g/mol. The van der Waals surface area contributed by atoms with Gasteiger partial charge in [0.2, 0.25) is 20.0 Å². The Morgan fingerprint density at radius 3 is 1.54 bits per heavy atom. The van der Waals surface area contributed by atoms with Crippen molar-refractivity contribution in [2.45, 2.75) is 71.5 Å². The molecule has 22 nitrogen and oxygen atoms in total. The molecule has 2 atom stereocenters. The molecule has 83 heavy (non-hydrogen) atoms. The van der Waals surface area contributed by atoms with Crippen LogP contribution in [-0.4, -0.2) is 205 Å². The highest BCUT2D eigenvalue weighted by Crippen LogP contribution is 2.40. The third kappa shape index (κ3) is 12.7. The van der Waals surface area contributed by atoms with Crippen LogP contribution in [0.1, 0.15) is 68.2 Å². The summed E-state index contributed by atoms with van der Waals surface area (Å²) >= 11 is 3.47. The van der Waals surface area contributed by atoms with Crippen molar-refractivity contribution in [1.29, 1.82) is 0 Å². The summed E-state index contributed by atoms with van der Waals surface area (Å²) in [6.45, 7) is 13.8. The minimum absolute atomic E-state index is 0. The molecule has 8 aromatic rings. The molecule has 2 unspecified atom stereocenters. The van der Waals surface area contributed by atoms with Gasteiger partial charge in [0, 0.05) is 143 Å². The fourth-order valence-electron chi connectivity index (χ4n) is 11.9. The Kier molecular flexibility index (Phi) is 17.4. The molecule has 0 radical (unpaired) electrons. The summed E-state index contributed by atoms with van der Waals surface area (Å²) in [5, 5.41) is 11.6. The van der Waals surface area contributed by atoms with E-state index in [0.717, 1.165) is 156 Å². The Bertz CT molecular complexity index is 3630. The van der Waals surface area contributed by atoms with Crippen molar-refractivity contribution in [3.05, 3.63) is 70.7 Å². The number of hydrogen-bond acceptors (Lipinski definition) is 20. The molecule has 6 aliphatic rings. The highest BCUT2D eigenvalue weighted by Gasteiger charge is 2.29. The molecule has 2 aromatic carbocycles. The van der Waals surface area contributed by atoms with E-state index in [9.17, 15) is 16.8 Å². The van der Waals surface area contributed by atoms with Gasteiger partial charge in [-0.1, -0.05) is 31.7 Å². The van der Waals surface area contributed by atoms with Gasteiger partial charge in [0.05, 0.1) is 76.6 Å². The van der Waals surface area contributed by atoms with E-state index in [4.69, 9.17) is 49.1 Å². The highest BCUT2D eigenvalue weighted by molar-refractivity contribution is 7.88. The van der Waals surface area contributed by atoms with Crippen molar-refractivity contribution < 1.29 is 35.8 Å². The molecule has 0 aliphatic carbocycles. The van der Waals surface area contributed by atoms with Crippen molar-refractivity contribution in [3.63, 3.8) is 0 Å². The number of ether oxygens (including phenoxy) is 4. The van der Waals surface area contributed by atoms with Gasteiger partial charge in [-0.2, -0.15) is 18.8 Å². The van der Waals surface area contributed by atoms with Crippen LogP contribution in [0.2, 0.25) is 0 Å². The second-order valence-corrected chi connectivity index (χ2v) is 28.2. The minimum Gasteiger partial charge on any atom is -0.378 e. The third-order valence-corrected chi connectivity index (χ3v) is 21.2. The molecule has 6 saturated heterocycles. The van der Waals surface area contributed by atoms with Crippen molar-refractivity contribution in [2.75, 3.05) is 140 Å². The van der Waals surface area contributed by atoms with Crippen molar-refractivity contribution in [3.8, 4) is 22.8 Å². The monoisotopic (exact) mass is 1210 g/mol. The van der Waals surface area contributed by atoms with E-state index in [2.05, 4.69) is 62.2 Å². The van der Waals surface area contributed by atoms with Gasteiger partial charge >= 0.3 is 0 Å². The van der Waals surface area contributed by atoms with Gasteiger partial charge in [-0.15, -0.1) is 22.7 Å². The second kappa shape index (κ2) is 24.9. The fourth-order valence-corrected chi connectivity index (χ4v) is 15.9. The minimum atomic E-state index is -3.15. The van der Waals surface area contributed by atoms with Crippen LogP contribution in [0.4, 0.5) is 11.6 Å². The normalized spacial score (nSPS) is 21.4. The quantitative estimate of drug-likeness (QED) is 0.118. The molecule has 0 spiro atoms. The van der Waals surface area contributed by atoms with Crippen LogP contribution in [-0.2, 0) is 52.1 Å². The van der Waals surface area contributed by atoms with Crippen LogP contribution in [0.15, 0.2) is 60.9 Å². The van der Waals surface area contributed by atoms with Crippen LogP contribution in [0.3, 0.4) is 0 Å². The lowest BCUT2D eigenvalue weighted by molar-refractivity contribution is -0.0390. The predicted octanol–water partition coefficient (Wildman–Crippen LogP) is 7.28. The summed E-state index contributed by atoms with van der Waals surface area (Å²) in [5.74, 6) is 3.29.